The van der Waals surface area contributed by atoms with Gasteiger partial charge in [0.05, 0.1) is 10.7 Å². The average molecular weight is 364 g/mol. The van der Waals surface area contributed by atoms with Gasteiger partial charge < -0.3 is 0 Å². The quantitative estimate of drug-likeness (QED) is 0.640. The van der Waals surface area contributed by atoms with Crippen molar-refractivity contribution < 1.29 is 0 Å². The molecule has 0 aliphatic rings. The molecule has 0 spiro atoms. The highest BCUT2D eigenvalue weighted by atomic mass is 35.5. The first kappa shape index (κ1) is 16.4. The lowest BCUT2D eigenvalue weighted by Gasteiger charge is -2.08. The Hall–Kier alpha value is -1.49. The molecule has 23 heavy (non-hydrogen) atoms. The van der Waals surface area contributed by atoms with Crippen LogP contribution in [0, 0.1) is 6.92 Å². The van der Waals surface area contributed by atoms with Crippen LogP contribution in [-0.2, 0) is 13.5 Å². The van der Waals surface area contributed by atoms with Crippen LogP contribution >= 0.6 is 35.0 Å². The van der Waals surface area contributed by atoms with E-state index in [2.05, 4.69) is 10.1 Å². The van der Waals surface area contributed by atoms with Gasteiger partial charge >= 0.3 is 0 Å². The van der Waals surface area contributed by atoms with Crippen LogP contribution < -0.4 is 0 Å². The molecular formula is C17H15Cl2N3S. The van der Waals surface area contributed by atoms with E-state index in [1.165, 1.54) is 5.56 Å². The van der Waals surface area contributed by atoms with E-state index in [0.29, 0.717) is 10.0 Å². The Kier molecular flexibility index (Phi) is 4.95. The second-order valence-electron chi connectivity index (χ2n) is 5.17. The molecule has 0 fully saturated rings. The van der Waals surface area contributed by atoms with Gasteiger partial charge in [0, 0.05) is 40.8 Å². The van der Waals surface area contributed by atoms with Crippen molar-refractivity contribution in [3.05, 3.63) is 69.6 Å². The molecule has 0 saturated carbocycles. The van der Waals surface area contributed by atoms with Crippen LogP contribution in [0.2, 0.25) is 10.0 Å². The number of nitrogens with zero attached hydrogens (tertiary/aromatic N) is 3. The molecule has 0 saturated heterocycles. The highest BCUT2D eigenvalue weighted by Gasteiger charge is 2.16. The summed E-state index contributed by atoms with van der Waals surface area (Å²) < 4.78 is 1.89. The predicted octanol–water partition coefficient (Wildman–Crippen LogP) is 5.17. The van der Waals surface area contributed by atoms with Gasteiger partial charge in [0.2, 0.25) is 0 Å². The van der Waals surface area contributed by atoms with Gasteiger partial charge in [-0.05, 0) is 37.3 Å². The van der Waals surface area contributed by atoms with E-state index in [0.717, 1.165) is 27.7 Å². The smallest absolute Gasteiger partial charge is 0.102 e. The normalized spacial score (nSPS) is 11.0. The summed E-state index contributed by atoms with van der Waals surface area (Å²) in [7, 11) is 1.95. The van der Waals surface area contributed by atoms with E-state index in [9.17, 15) is 0 Å². The monoisotopic (exact) mass is 363 g/mol. The maximum Gasteiger partial charge on any atom is 0.102 e. The Morgan fingerprint density at radius 2 is 2.00 bits per heavy atom. The van der Waals surface area contributed by atoms with Crippen molar-refractivity contribution in [3.63, 3.8) is 0 Å². The largest absolute Gasteiger partial charge is 0.261 e. The van der Waals surface area contributed by atoms with E-state index >= 15 is 0 Å². The summed E-state index contributed by atoms with van der Waals surface area (Å²) in [6.07, 6.45) is 2.55. The molecule has 3 nitrogen and oxygen atoms in total. The zero-order valence-electron chi connectivity index (χ0n) is 12.8. The first-order chi connectivity index (χ1) is 11.0. The topological polar surface area (TPSA) is 30.7 Å². The third-order valence-electron chi connectivity index (χ3n) is 3.47. The van der Waals surface area contributed by atoms with Gasteiger partial charge in [-0.15, -0.1) is 0 Å². The molecule has 0 aliphatic heterocycles. The third kappa shape index (κ3) is 3.71. The van der Waals surface area contributed by atoms with Crippen LogP contribution in [0.1, 0.15) is 17.0 Å². The van der Waals surface area contributed by atoms with Crippen molar-refractivity contribution in [2.45, 2.75) is 23.3 Å². The minimum Gasteiger partial charge on any atom is -0.261 e. The van der Waals surface area contributed by atoms with Crippen LogP contribution in [0.5, 0.6) is 0 Å². The van der Waals surface area contributed by atoms with Crippen LogP contribution in [0.4, 0.5) is 0 Å². The van der Waals surface area contributed by atoms with E-state index < -0.39 is 0 Å². The number of pyridine rings is 1. The number of aromatic nitrogens is 3. The first-order valence-electron chi connectivity index (χ1n) is 7.10. The number of hydrogen-bond acceptors (Lipinski definition) is 3. The molecule has 0 N–H and O–H groups in total. The fourth-order valence-corrected chi connectivity index (χ4v) is 3.90. The number of benzene rings is 1. The van der Waals surface area contributed by atoms with Crippen LogP contribution in [-0.4, -0.2) is 14.8 Å². The summed E-state index contributed by atoms with van der Waals surface area (Å²) in [5.41, 5.74) is 3.20. The van der Waals surface area contributed by atoms with E-state index in [4.69, 9.17) is 23.2 Å². The molecule has 0 amide bonds. The van der Waals surface area contributed by atoms with Gasteiger partial charge in [0.1, 0.15) is 5.03 Å². The van der Waals surface area contributed by atoms with Crippen molar-refractivity contribution in [1.82, 2.24) is 14.8 Å². The molecule has 2 aromatic heterocycles. The number of hydrogen-bond donors (Lipinski definition) is 0. The minimum absolute atomic E-state index is 0.634. The third-order valence-corrected chi connectivity index (χ3v) is 5.41. The fourth-order valence-electron chi connectivity index (χ4n) is 2.36. The van der Waals surface area contributed by atoms with E-state index in [1.54, 1.807) is 17.8 Å². The second kappa shape index (κ2) is 6.95. The molecule has 0 atom stereocenters. The Balaban J connectivity index is 1.96. The summed E-state index contributed by atoms with van der Waals surface area (Å²) in [6.45, 7) is 2.02. The summed E-state index contributed by atoms with van der Waals surface area (Å²) >= 11 is 13.9. The molecule has 0 bridgehead atoms. The van der Waals surface area contributed by atoms with Crippen molar-refractivity contribution in [2.75, 3.05) is 0 Å². The zero-order valence-corrected chi connectivity index (χ0v) is 15.1. The number of halogens is 2. The molecule has 0 radical (unpaired) electrons. The molecule has 3 rings (SSSR count). The minimum atomic E-state index is 0.634. The van der Waals surface area contributed by atoms with Gasteiger partial charge in [0.25, 0.3) is 0 Å². The van der Waals surface area contributed by atoms with Gasteiger partial charge in [-0.25, -0.2) is 0 Å². The summed E-state index contributed by atoms with van der Waals surface area (Å²) in [5, 5.41) is 6.89. The van der Waals surface area contributed by atoms with Crippen molar-refractivity contribution in [3.8, 4) is 0 Å². The summed E-state index contributed by atoms with van der Waals surface area (Å²) in [6, 6.07) is 11.5. The molecule has 0 unspecified atom stereocenters. The average Bonchev–Trinajstić information content (AvgIpc) is 2.78. The lowest BCUT2D eigenvalue weighted by atomic mass is 10.1. The maximum absolute atomic E-state index is 6.30. The van der Waals surface area contributed by atoms with Crippen molar-refractivity contribution in [1.29, 1.82) is 0 Å². The second-order valence-corrected chi connectivity index (χ2v) is 7.04. The van der Waals surface area contributed by atoms with Crippen LogP contribution in [0.3, 0.4) is 0 Å². The molecule has 0 aliphatic carbocycles. The molecule has 6 heteroatoms. The molecule has 3 aromatic rings. The Morgan fingerprint density at radius 3 is 2.70 bits per heavy atom. The Morgan fingerprint density at radius 1 is 1.17 bits per heavy atom. The molecular weight excluding hydrogens is 349 g/mol. The summed E-state index contributed by atoms with van der Waals surface area (Å²) in [5.74, 6) is 0. The van der Waals surface area contributed by atoms with E-state index in [-0.39, 0.29) is 0 Å². The first-order valence-corrected chi connectivity index (χ1v) is 8.67. The maximum atomic E-state index is 6.30. The molecule has 1 aromatic carbocycles. The van der Waals surface area contributed by atoms with E-state index in [1.807, 2.05) is 55.2 Å². The molecule has 2 heterocycles. The lowest BCUT2D eigenvalue weighted by molar-refractivity contribution is 0.689. The van der Waals surface area contributed by atoms with Crippen molar-refractivity contribution in [2.24, 2.45) is 7.05 Å². The summed E-state index contributed by atoms with van der Waals surface area (Å²) in [4.78, 5) is 5.37. The highest BCUT2D eigenvalue weighted by Crippen LogP contribution is 2.37. The van der Waals surface area contributed by atoms with Gasteiger partial charge in [-0.3, -0.25) is 9.67 Å². The van der Waals surface area contributed by atoms with Gasteiger partial charge in [-0.1, -0.05) is 41.0 Å². The van der Waals surface area contributed by atoms with Gasteiger partial charge in [-0.2, -0.15) is 5.10 Å². The Labute approximate surface area is 149 Å². The number of rotatable bonds is 4. The fraction of sp³-hybridized carbons (Fsp3) is 0.176. The zero-order chi connectivity index (χ0) is 16.4. The van der Waals surface area contributed by atoms with Crippen LogP contribution in [0.15, 0.2) is 52.5 Å². The lowest BCUT2D eigenvalue weighted by Crippen LogP contribution is -1.96. The SMILES string of the molecule is Cc1nn(C)c(Sc2ccc(Cl)cc2Cl)c1Cc1ccccn1. The predicted molar refractivity (Wildman–Crippen MR) is 95.6 cm³/mol. The highest BCUT2D eigenvalue weighted by molar-refractivity contribution is 7.99. The Bertz CT molecular complexity index is 831. The number of aryl methyl sites for hydroxylation is 2. The van der Waals surface area contributed by atoms with Crippen molar-refractivity contribution >= 4 is 35.0 Å². The standard InChI is InChI=1S/C17H15Cl2N3S/c1-11-14(10-13-5-3-4-8-20-13)17(22(2)21-11)23-16-7-6-12(18)9-15(16)19/h3-9H,10H2,1-2H3. The van der Waals surface area contributed by atoms with Crippen LogP contribution in [0.25, 0.3) is 0 Å². The van der Waals surface area contributed by atoms with Gasteiger partial charge in [0.15, 0.2) is 0 Å². The molecule has 118 valence electrons.